The van der Waals surface area contributed by atoms with E-state index < -0.39 is 0 Å². The Morgan fingerprint density at radius 1 is 1.08 bits per heavy atom. The first-order valence-corrected chi connectivity index (χ1v) is 8.60. The number of carbonyl (C=O) groups is 1. The number of pyridine rings is 1. The fourth-order valence-corrected chi connectivity index (χ4v) is 2.41. The van der Waals surface area contributed by atoms with E-state index in [1.165, 1.54) is 0 Å². The van der Waals surface area contributed by atoms with Crippen molar-refractivity contribution in [3.8, 4) is 0 Å². The molecular formula is C19H22BrN3O. The van der Waals surface area contributed by atoms with Crippen LogP contribution in [0.5, 0.6) is 0 Å². The average Bonchev–Trinajstić information content (AvgIpc) is 2.59. The fourth-order valence-electron chi connectivity index (χ4n) is 2.15. The Bertz CT molecular complexity index is 669. The molecule has 0 aliphatic heterocycles. The molecule has 1 amide bonds. The van der Waals surface area contributed by atoms with E-state index in [1.54, 1.807) is 18.5 Å². The third-order valence-electron chi connectivity index (χ3n) is 3.54. The normalized spacial score (nSPS) is 11.2. The summed E-state index contributed by atoms with van der Waals surface area (Å²) in [5.41, 5.74) is 2.08. The van der Waals surface area contributed by atoms with E-state index in [9.17, 15) is 4.79 Å². The van der Waals surface area contributed by atoms with Crippen molar-refractivity contribution in [2.24, 2.45) is 0 Å². The Hall–Kier alpha value is -1.98. The van der Waals surface area contributed by atoms with Crippen molar-refractivity contribution in [3.05, 3.63) is 70.5 Å². The van der Waals surface area contributed by atoms with Crippen LogP contribution in [0.2, 0.25) is 0 Å². The molecule has 0 radical (unpaired) electrons. The van der Waals surface area contributed by atoms with Gasteiger partial charge < -0.3 is 9.80 Å². The molecule has 0 bridgehead atoms. The molecule has 0 saturated heterocycles. The summed E-state index contributed by atoms with van der Waals surface area (Å²) in [6.45, 7) is 2.11. The number of likely N-dealkylation sites (N-methyl/N-ethyl adjacent to an activating group) is 1. The van der Waals surface area contributed by atoms with Gasteiger partial charge in [0.15, 0.2) is 0 Å². The predicted molar refractivity (Wildman–Crippen MR) is 101 cm³/mol. The Kier molecular flexibility index (Phi) is 7.15. The highest BCUT2D eigenvalue weighted by Crippen LogP contribution is 2.13. The lowest BCUT2D eigenvalue weighted by Gasteiger charge is -2.23. The van der Waals surface area contributed by atoms with Crippen LogP contribution < -0.4 is 0 Å². The fraction of sp³-hybridized carbons (Fsp3) is 0.263. The second-order valence-corrected chi connectivity index (χ2v) is 6.72. The third kappa shape index (κ3) is 6.26. The number of nitrogens with zero attached hydrogens (tertiary/aromatic N) is 3. The number of hydrogen-bond acceptors (Lipinski definition) is 3. The zero-order valence-electron chi connectivity index (χ0n) is 14.0. The SMILES string of the molecule is CN(C)CCN(Cc1ccc(Br)cc1)C(=O)C=Cc1ccncc1. The maximum Gasteiger partial charge on any atom is 0.246 e. The Morgan fingerprint density at radius 2 is 1.75 bits per heavy atom. The van der Waals surface area contributed by atoms with E-state index in [0.29, 0.717) is 13.1 Å². The van der Waals surface area contributed by atoms with Crippen LogP contribution in [0, 0.1) is 0 Å². The van der Waals surface area contributed by atoms with Gasteiger partial charge in [-0.25, -0.2) is 0 Å². The molecule has 0 aliphatic rings. The van der Waals surface area contributed by atoms with Gasteiger partial charge in [-0.15, -0.1) is 0 Å². The summed E-state index contributed by atoms with van der Waals surface area (Å²) in [5.74, 6) is 0.0107. The van der Waals surface area contributed by atoms with Gasteiger partial charge in [0.05, 0.1) is 0 Å². The summed E-state index contributed by atoms with van der Waals surface area (Å²) in [6.07, 6.45) is 6.89. The highest BCUT2D eigenvalue weighted by atomic mass is 79.9. The molecule has 0 spiro atoms. The minimum absolute atomic E-state index is 0.0107. The number of aromatic nitrogens is 1. The molecule has 0 saturated carbocycles. The first-order chi connectivity index (χ1) is 11.5. The predicted octanol–water partition coefficient (Wildman–Crippen LogP) is 3.45. The molecule has 126 valence electrons. The molecule has 1 heterocycles. The Morgan fingerprint density at radius 3 is 2.38 bits per heavy atom. The zero-order valence-corrected chi connectivity index (χ0v) is 15.6. The van der Waals surface area contributed by atoms with Crippen LogP contribution in [0.3, 0.4) is 0 Å². The number of rotatable bonds is 7. The molecule has 0 atom stereocenters. The van der Waals surface area contributed by atoms with E-state index >= 15 is 0 Å². The Balaban J connectivity index is 2.07. The maximum absolute atomic E-state index is 12.6. The minimum atomic E-state index is 0.0107. The minimum Gasteiger partial charge on any atom is -0.334 e. The standard InChI is InChI=1S/C19H22BrN3O/c1-22(2)13-14-23(15-17-3-6-18(20)7-4-17)19(24)8-5-16-9-11-21-12-10-16/h3-12H,13-15H2,1-2H3. The molecule has 0 fully saturated rings. The summed E-state index contributed by atoms with van der Waals surface area (Å²) in [7, 11) is 4.02. The quantitative estimate of drug-likeness (QED) is 0.682. The van der Waals surface area contributed by atoms with Crippen molar-refractivity contribution < 1.29 is 4.79 Å². The summed E-state index contributed by atoms with van der Waals surface area (Å²) < 4.78 is 1.04. The summed E-state index contributed by atoms with van der Waals surface area (Å²) in [5, 5.41) is 0. The van der Waals surface area contributed by atoms with Gasteiger partial charge in [0.1, 0.15) is 0 Å². The molecule has 0 N–H and O–H groups in total. The topological polar surface area (TPSA) is 36.4 Å². The van der Waals surface area contributed by atoms with Gasteiger partial charge in [0, 0.05) is 42.6 Å². The number of hydrogen-bond donors (Lipinski definition) is 0. The molecule has 24 heavy (non-hydrogen) atoms. The van der Waals surface area contributed by atoms with Crippen LogP contribution in [-0.4, -0.2) is 47.9 Å². The van der Waals surface area contributed by atoms with E-state index in [-0.39, 0.29) is 5.91 Å². The molecule has 1 aromatic carbocycles. The van der Waals surface area contributed by atoms with Gasteiger partial charge in [0.25, 0.3) is 0 Å². The van der Waals surface area contributed by atoms with Gasteiger partial charge >= 0.3 is 0 Å². The van der Waals surface area contributed by atoms with E-state index in [2.05, 4.69) is 25.8 Å². The number of halogens is 1. The van der Waals surface area contributed by atoms with Crippen LogP contribution in [0.25, 0.3) is 6.08 Å². The molecule has 2 aromatic rings. The second kappa shape index (κ2) is 9.35. The van der Waals surface area contributed by atoms with Gasteiger partial charge in [-0.3, -0.25) is 9.78 Å². The lowest BCUT2D eigenvalue weighted by Crippen LogP contribution is -2.35. The van der Waals surface area contributed by atoms with Gasteiger partial charge in [-0.2, -0.15) is 0 Å². The smallest absolute Gasteiger partial charge is 0.246 e. The maximum atomic E-state index is 12.6. The van der Waals surface area contributed by atoms with E-state index in [1.807, 2.05) is 61.5 Å². The highest BCUT2D eigenvalue weighted by Gasteiger charge is 2.11. The van der Waals surface area contributed by atoms with Gasteiger partial charge in [-0.05, 0) is 55.6 Å². The third-order valence-corrected chi connectivity index (χ3v) is 4.07. The highest BCUT2D eigenvalue weighted by molar-refractivity contribution is 9.10. The second-order valence-electron chi connectivity index (χ2n) is 5.80. The van der Waals surface area contributed by atoms with Crippen molar-refractivity contribution in [2.75, 3.05) is 27.2 Å². The van der Waals surface area contributed by atoms with Crippen LogP contribution >= 0.6 is 15.9 Å². The van der Waals surface area contributed by atoms with Crippen molar-refractivity contribution in [3.63, 3.8) is 0 Å². The van der Waals surface area contributed by atoms with Crippen molar-refractivity contribution >= 4 is 27.9 Å². The zero-order chi connectivity index (χ0) is 17.4. The summed E-state index contributed by atoms with van der Waals surface area (Å²) in [4.78, 5) is 20.5. The summed E-state index contributed by atoms with van der Waals surface area (Å²) in [6, 6.07) is 11.8. The Labute approximate surface area is 151 Å². The molecule has 4 nitrogen and oxygen atoms in total. The molecule has 2 rings (SSSR count). The number of amides is 1. The lowest BCUT2D eigenvalue weighted by atomic mass is 10.2. The molecule has 1 aromatic heterocycles. The molecule has 0 unspecified atom stereocenters. The van der Waals surface area contributed by atoms with Crippen LogP contribution in [0.4, 0.5) is 0 Å². The average molecular weight is 388 g/mol. The monoisotopic (exact) mass is 387 g/mol. The molecule has 5 heteroatoms. The van der Waals surface area contributed by atoms with E-state index in [0.717, 1.165) is 22.1 Å². The molecule has 0 aliphatic carbocycles. The van der Waals surface area contributed by atoms with Gasteiger partial charge in [-0.1, -0.05) is 28.1 Å². The van der Waals surface area contributed by atoms with Crippen LogP contribution in [0.1, 0.15) is 11.1 Å². The van der Waals surface area contributed by atoms with Crippen LogP contribution in [0.15, 0.2) is 59.3 Å². The number of carbonyl (C=O) groups excluding carboxylic acids is 1. The summed E-state index contributed by atoms with van der Waals surface area (Å²) >= 11 is 3.44. The van der Waals surface area contributed by atoms with Crippen molar-refractivity contribution in [1.82, 2.24) is 14.8 Å². The number of benzene rings is 1. The largest absolute Gasteiger partial charge is 0.334 e. The lowest BCUT2D eigenvalue weighted by molar-refractivity contribution is -0.126. The van der Waals surface area contributed by atoms with Crippen molar-refractivity contribution in [1.29, 1.82) is 0 Å². The van der Waals surface area contributed by atoms with E-state index in [4.69, 9.17) is 0 Å². The van der Waals surface area contributed by atoms with Crippen molar-refractivity contribution in [2.45, 2.75) is 6.54 Å². The van der Waals surface area contributed by atoms with Gasteiger partial charge in [0.2, 0.25) is 5.91 Å². The first-order valence-electron chi connectivity index (χ1n) is 7.81. The van der Waals surface area contributed by atoms with Crippen LogP contribution in [-0.2, 0) is 11.3 Å². The first kappa shape index (κ1) is 18.4. The molecular weight excluding hydrogens is 366 g/mol.